The van der Waals surface area contributed by atoms with Crippen molar-refractivity contribution in [3.05, 3.63) is 41.0 Å². The normalized spacial score (nSPS) is 12.1. The Morgan fingerprint density at radius 2 is 1.94 bits per heavy atom. The Morgan fingerprint density at radius 1 is 1.22 bits per heavy atom. The van der Waals surface area contributed by atoms with Crippen LogP contribution in [0, 0.1) is 0 Å². The van der Waals surface area contributed by atoms with E-state index in [2.05, 4.69) is 4.98 Å². The van der Waals surface area contributed by atoms with Crippen LogP contribution in [0.5, 0.6) is 0 Å². The summed E-state index contributed by atoms with van der Waals surface area (Å²) in [5, 5.41) is 0.933. The molecule has 0 saturated heterocycles. The molecular weight excluding hydrogens is 259 g/mol. The van der Waals surface area contributed by atoms with Crippen molar-refractivity contribution >= 4 is 11.3 Å². The van der Waals surface area contributed by atoms with Crippen molar-refractivity contribution in [2.75, 3.05) is 0 Å². The fourth-order valence-electron chi connectivity index (χ4n) is 1.54. The Labute approximate surface area is 107 Å². The van der Waals surface area contributed by atoms with Gasteiger partial charge in [0.2, 0.25) is 0 Å². The fourth-order valence-corrected chi connectivity index (χ4v) is 2.45. The summed E-state index contributed by atoms with van der Waals surface area (Å²) in [5.74, 6) is 0.287. The highest BCUT2D eigenvalue weighted by molar-refractivity contribution is 7.15. The van der Waals surface area contributed by atoms with E-state index in [0.717, 1.165) is 22.0 Å². The molecule has 96 valence electrons. The van der Waals surface area contributed by atoms with Gasteiger partial charge in [-0.15, -0.1) is 11.3 Å². The van der Waals surface area contributed by atoms with E-state index in [-0.39, 0.29) is 5.92 Å². The first kappa shape index (κ1) is 13.1. The van der Waals surface area contributed by atoms with Crippen molar-refractivity contribution in [2.24, 2.45) is 0 Å². The Hall–Kier alpha value is -1.36. The lowest BCUT2D eigenvalue weighted by Gasteiger charge is -2.07. The molecule has 0 atom stereocenters. The number of alkyl halides is 3. The van der Waals surface area contributed by atoms with Gasteiger partial charge in [0.25, 0.3) is 0 Å². The zero-order valence-electron chi connectivity index (χ0n) is 9.95. The zero-order valence-corrected chi connectivity index (χ0v) is 10.8. The van der Waals surface area contributed by atoms with Crippen LogP contribution in [0.2, 0.25) is 0 Å². The van der Waals surface area contributed by atoms with Gasteiger partial charge in [0.05, 0.1) is 15.4 Å². The summed E-state index contributed by atoms with van der Waals surface area (Å²) in [6, 6.07) is 5.34. The van der Waals surface area contributed by atoms with Crippen molar-refractivity contribution < 1.29 is 13.2 Å². The highest BCUT2D eigenvalue weighted by atomic mass is 32.1. The maximum atomic E-state index is 12.6. The Bertz CT molecular complexity index is 543. The van der Waals surface area contributed by atoms with E-state index in [0.29, 0.717) is 5.56 Å². The Kier molecular flexibility index (Phi) is 3.43. The minimum Gasteiger partial charge on any atom is -0.249 e. The van der Waals surface area contributed by atoms with Gasteiger partial charge >= 0.3 is 6.18 Å². The quantitative estimate of drug-likeness (QED) is 0.753. The lowest BCUT2D eigenvalue weighted by molar-refractivity contribution is -0.137. The first-order valence-electron chi connectivity index (χ1n) is 5.51. The van der Waals surface area contributed by atoms with Gasteiger partial charge < -0.3 is 0 Å². The molecule has 0 fully saturated rings. The molecule has 0 aliphatic heterocycles. The summed E-state index contributed by atoms with van der Waals surface area (Å²) in [5.41, 5.74) is -0.0614. The summed E-state index contributed by atoms with van der Waals surface area (Å²) >= 11 is 1.43. The number of benzene rings is 1. The molecule has 5 heteroatoms. The molecule has 1 heterocycles. The third kappa shape index (κ3) is 2.72. The molecule has 2 rings (SSSR count). The van der Waals surface area contributed by atoms with Crippen LogP contribution in [-0.2, 0) is 6.18 Å². The summed E-state index contributed by atoms with van der Waals surface area (Å²) in [6.07, 6.45) is -2.67. The predicted molar refractivity (Wildman–Crippen MR) is 66.6 cm³/mol. The van der Waals surface area contributed by atoms with Crippen molar-refractivity contribution in [1.82, 2.24) is 4.98 Å². The highest BCUT2D eigenvalue weighted by Crippen LogP contribution is 2.34. The number of halogens is 3. The average molecular weight is 271 g/mol. The number of nitrogens with zero attached hydrogens (tertiary/aromatic N) is 1. The van der Waals surface area contributed by atoms with Crippen molar-refractivity contribution in [3.8, 4) is 10.4 Å². The molecule has 0 amide bonds. The molecule has 1 aromatic carbocycles. The van der Waals surface area contributed by atoms with Crippen LogP contribution in [-0.4, -0.2) is 4.98 Å². The first-order valence-corrected chi connectivity index (χ1v) is 6.33. The average Bonchev–Trinajstić information content (AvgIpc) is 2.77. The zero-order chi connectivity index (χ0) is 13.3. The van der Waals surface area contributed by atoms with Crippen LogP contribution in [0.1, 0.15) is 30.3 Å². The lowest BCUT2D eigenvalue weighted by atomic mass is 10.1. The summed E-state index contributed by atoms with van der Waals surface area (Å²) in [7, 11) is 0. The minimum absolute atomic E-state index is 0.287. The van der Waals surface area contributed by atoms with Crippen LogP contribution in [0.3, 0.4) is 0 Å². The first-order chi connectivity index (χ1) is 8.38. The van der Waals surface area contributed by atoms with Gasteiger partial charge in [-0.25, -0.2) is 4.98 Å². The van der Waals surface area contributed by atoms with Gasteiger partial charge in [0, 0.05) is 12.1 Å². The number of hydrogen-bond donors (Lipinski definition) is 0. The summed E-state index contributed by atoms with van der Waals surface area (Å²) in [4.78, 5) is 4.99. The predicted octanol–water partition coefficient (Wildman–Crippen LogP) is 4.95. The topological polar surface area (TPSA) is 12.9 Å². The van der Waals surface area contributed by atoms with E-state index in [1.807, 2.05) is 13.8 Å². The van der Waals surface area contributed by atoms with Crippen LogP contribution < -0.4 is 0 Å². The summed E-state index contributed by atoms with van der Waals surface area (Å²) < 4.78 is 37.8. The molecule has 0 N–H and O–H groups in total. The molecule has 18 heavy (non-hydrogen) atoms. The molecule has 0 unspecified atom stereocenters. The molecule has 0 spiro atoms. The van der Waals surface area contributed by atoms with E-state index in [1.54, 1.807) is 12.3 Å². The van der Waals surface area contributed by atoms with Crippen molar-refractivity contribution in [3.63, 3.8) is 0 Å². The van der Waals surface area contributed by atoms with Gasteiger partial charge in [-0.2, -0.15) is 13.2 Å². The van der Waals surface area contributed by atoms with Crippen LogP contribution >= 0.6 is 11.3 Å². The van der Waals surface area contributed by atoms with E-state index in [4.69, 9.17) is 0 Å². The number of hydrogen-bond acceptors (Lipinski definition) is 2. The van der Waals surface area contributed by atoms with Gasteiger partial charge in [0.15, 0.2) is 0 Å². The van der Waals surface area contributed by atoms with Gasteiger partial charge in [0.1, 0.15) is 0 Å². The molecule has 0 bridgehead atoms. The Balaban J connectivity index is 2.38. The van der Waals surface area contributed by atoms with Crippen LogP contribution in [0.25, 0.3) is 10.4 Å². The van der Waals surface area contributed by atoms with E-state index >= 15 is 0 Å². The third-order valence-corrected chi connectivity index (χ3v) is 3.84. The SMILES string of the molecule is CC(C)c1ncc(-c2cccc(C(F)(F)F)c2)s1. The molecule has 1 nitrogen and oxygen atoms in total. The monoisotopic (exact) mass is 271 g/mol. The number of aromatic nitrogens is 1. The van der Waals surface area contributed by atoms with Gasteiger partial charge in [-0.1, -0.05) is 26.0 Å². The maximum Gasteiger partial charge on any atom is 0.416 e. The van der Waals surface area contributed by atoms with Crippen LogP contribution in [0.15, 0.2) is 30.5 Å². The molecule has 2 aromatic rings. The molecule has 0 saturated carbocycles. The molecule has 0 radical (unpaired) electrons. The van der Waals surface area contributed by atoms with E-state index < -0.39 is 11.7 Å². The van der Waals surface area contributed by atoms with Crippen LogP contribution in [0.4, 0.5) is 13.2 Å². The van der Waals surface area contributed by atoms with E-state index in [9.17, 15) is 13.2 Å². The second-order valence-electron chi connectivity index (χ2n) is 4.30. The van der Waals surface area contributed by atoms with Crippen molar-refractivity contribution in [1.29, 1.82) is 0 Å². The largest absolute Gasteiger partial charge is 0.416 e. The Morgan fingerprint density at radius 3 is 2.50 bits per heavy atom. The lowest BCUT2D eigenvalue weighted by Crippen LogP contribution is -2.04. The summed E-state index contributed by atoms with van der Waals surface area (Å²) in [6.45, 7) is 4.02. The maximum absolute atomic E-state index is 12.6. The fraction of sp³-hybridized carbons (Fsp3) is 0.308. The van der Waals surface area contributed by atoms with Gasteiger partial charge in [-0.3, -0.25) is 0 Å². The highest BCUT2D eigenvalue weighted by Gasteiger charge is 2.30. The van der Waals surface area contributed by atoms with E-state index in [1.165, 1.54) is 17.4 Å². The van der Waals surface area contributed by atoms with Gasteiger partial charge in [-0.05, 0) is 17.7 Å². The molecule has 0 aliphatic rings. The minimum atomic E-state index is -4.30. The third-order valence-electron chi connectivity index (χ3n) is 2.49. The number of thiazole rings is 1. The number of rotatable bonds is 2. The molecular formula is C13H12F3NS. The molecule has 1 aromatic heterocycles. The van der Waals surface area contributed by atoms with Crippen molar-refractivity contribution in [2.45, 2.75) is 25.9 Å². The second-order valence-corrected chi connectivity index (χ2v) is 5.36. The second kappa shape index (κ2) is 4.72. The standard InChI is InChI=1S/C13H12F3NS/c1-8(2)12-17-7-11(18-12)9-4-3-5-10(6-9)13(14,15)16/h3-8H,1-2H3. The smallest absolute Gasteiger partial charge is 0.249 e. The molecule has 0 aliphatic carbocycles.